The first-order valence-corrected chi connectivity index (χ1v) is 6.06. The molecule has 2 heteroatoms. The Morgan fingerprint density at radius 3 is 2.42 bits per heavy atom. The van der Waals surface area contributed by atoms with E-state index in [9.17, 15) is 0 Å². The van der Waals surface area contributed by atoms with Gasteiger partial charge in [0.1, 0.15) is 0 Å². The Balaban J connectivity index is 2.48. The molecule has 1 rings (SSSR count). The van der Waals surface area contributed by atoms with E-state index in [0.717, 1.165) is 0 Å². The van der Waals surface area contributed by atoms with Crippen molar-refractivity contribution in [2.24, 2.45) is 0 Å². The van der Waals surface area contributed by atoms with Crippen molar-refractivity contribution >= 4 is 38.5 Å². The summed E-state index contributed by atoms with van der Waals surface area (Å²) < 4.78 is 1.31. The molecule has 0 aliphatic carbocycles. The third-order valence-electron chi connectivity index (χ3n) is 1.74. The summed E-state index contributed by atoms with van der Waals surface area (Å²) in [5.41, 5.74) is 1.43. The molecule has 0 saturated heterocycles. The predicted octanol–water partition coefficient (Wildman–Crippen LogP) is 4.01. The molecule has 0 saturated carbocycles. The van der Waals surface area contributed by atoms with Crippen LogP contribution in [-0.2, 0) is 6.42 Å². The molecule has 0 amide bonds. The second-order valence-corrected chi connectivity index (χ2v) is 5.75. The highest BCUT2D eigenvalue weighted by atomic mass is 127. The lowest BCUT2D eigenvalue weighted by atomic mass is 10.1. The fourth-order valence-electron chi connectivity index (χ4n) is 1.02. The Kier molecular flexibility index (Phi) is 4.57. The minimum absolute atomic E-state index is 0.622. The molecule has 1 atom stereocenters. The molecule has 1 unspecified atom stereocenters. The zero-order valence-electron chi connectivity index (χ0n) is 7.06. The van der Waals surface area contributed by atoms with E-state index in [1.165, 1.54) is 22.0 Å². The molecule has 12 heavy (non-hydrogen) atoms. The summed E-state index contributed by atoms with van der Waals surface area (Å²) in [4.78, 5) is 0.622. The fourth-order valence-corrected chi connectivity index (χ4v) is 1.61. The summed E-state index contributed by atoms with van der Waals surface area (Å²) in [6, 6.07) is 8.73. The van der Waals surface area contributed by atoms with Gasteiger partial charge in [0, 0.05) is 8.40 Å². The standard InChI is InChI=1S/C10H12BrI/c1-8(11)2-3-9-4-6-10(12)7-5-9/h4-8H,2-3H2,1H3. The van der Waals surface area contributed by atoms with Gasteiger partial charge < -0.3 is 0 Å². The van der Waals surface area contributed by atoms with Crippen molar-refractivity contribution in [2.45, 2.75) is 24.6 Å². The Labute approximate surface area is 96.0 Å². The van der Waals surface area contributed by atoms with Crippen LogP contribution in [0.3, 0.4) is 0 Å². The van der Waals surface area contributed by atoms with Crippen LogP contribution in [0, 0.1) is 3.57 Å². The van der Waals surface area contributed by atoms with Gasteiger partial charge in [-0.05, 0) is 53.1 Å². The maximum Gasteiger partial charge on any atom is 0.0130 e. The third kappa shape index (κ3) is 3.90. The van der Waals surface area contributed by atoms with Crippen LogP contribution in [0.2, 0.25) is 0 Å². The van der Waals surface area contributed by atoms with Gasteiger partial charge in [0.15, 0.2) is 0 Å². The number of benzene rings is 1. The normalized spacial score (nSPS) is 12.9. The quantitative estimate of drug-likeness (QED) is 0.577. The number of hydrogen-bond acceptors (Lipinski definition) is 0. The van der Waals surface area contributed by atoms with Gasteiger partial charge in [-0.1, -0.05) is 35.0 Å². The average Bonchev–Trinajstić information content (AvgIpc) is 2.03. The molecule has 0 heterocycles. The SMILES string of the molecule is CC(Br)CCc1ccc(I)cc1. The van der Waals surface area contributed by atoms with Gasteiger partial charge in [-0.15, -0.1) is 0 Å². The Morgan fingerprint density at radius 2 is 1.92 bits per heavy atom. The summed E-state index contributed by atoms with van der Waals surface area (Å²) in [5, 5.41) is 0. The lowest BCUT2D eigenvalue weighted by Crippen LogP contribution is -1.93. The molecule has 0 aliphatic rings. The summed E-state index contributed by atoms with van der Waals surface area (Å²) in [6.45, 7) is 2.19. The van der Waals surface area contributed by atoms with Gasteiger partial charge in [0.2, 0.25) is 0 Å². The molecule has 1 aromatic carbocycles. The third-order valence-corrected chi connectivity index (χ3v) is 2.92. The molecule has 66 valence electrons. The van der Waals surface area contributed by atoms with E-state index in [0.29, 0.717) is 4.83 Å². The molecule has 0 nitrogen and oxygen atoms in total. The van der Waals surface area contributed by atoms with Crippen molar-refractivity contribution in [1.82, 2.24) is 0 Å². The minimum atomic E-state index is 0.622. The van der Waals surface area contributed by atoms with Crippen molar-refractivity contribution in [3.05, 3.63) is 33.4 Å². The molecule has 1 aromatic rings. The van der Waals surface area contributed by atoms with Crippen LogP contribution in [0.1, 0.15) is 18.9 Å². The van der Waals surface area contributed by atoms with Crippen LogP contribution in [0.25, 0.3) is 0 Å². The zero-order chi connectivity index (χ0) is 8.97. The van der Waals surface area contributed by atoms with E-state index >= 15 is 0 Å². The summed E-state index contributed by atoms with van der Waals surface area (Å²) >= 11 is 5.87. The average molecular weight is 339 g/mol. The van der Waals surface area contributed by atoms with Gasteiger partial charge in [-0.25, -0.2) is 0 Å². The van der Waals surface area contributed by atoms with Crippen LogP contribution in [0.4, 0.5) is 0 Å². The summed E-state index contributed by atoms with van der Waals surface area (Å²) in [6.07, 6.45) is 2.38. The molecular weight excluding hydrogens is 327 g/mol. The van der Waals surface area contributed by atoms with Crippen LogP contribution in [0.15, 0.2) is 24.3 Å². The maximum atomic E-state index is 3.54. The first kappa shape index (κ1) is 10.5. The number of halogens is 2. The second kappa shape index (κ2) is 5.22. The Hall–Kier alpha value is 0.430. The number of alkyl halides is 1. The molecular formula is C10H12BrI. The monoisotopic (exact) mass is 338 g/mol. The topological polar surface area (TPSA) is 0 Å². The molecule has 0 spiro atoms. The van der Waals surface area contributed by atoms with Crippen LogP contribution < -0.4 is 0 Å². The minimum Gasteiger partial charge on any atom is -0.0894 e. The van der Waals surface area contributed by atoms with E-state index in [4.69, 9.17) is 0 Å². The first-order chi connectivity index (χ1) is 5.68. The van der Waals surface area contributed by atoms with E-state index in [2.05, 4.69) is 69.7 Å². The van der Waals surface area contributed by atoms with Crippen molar-refractivity contribution in [2.75, 3.05) is 0 Å². The van der Waals surface area contributed by atoms with Crippen molar-refractivity contribution in [1.29, 1.82) is 0 Å². The highest BCUT2D eigenvalue weighted by Gasteiger charge is 1.97. The second-order valence-electron chi connectivity index (χ2n) is 2.95. The van der Waals surface area contributed by atoms with Crippen molar-refractivity contribution in [3.63, 3.8) is 0 Å². The highest BCUT2D eigenvalue weighted by Crippen LogP contribution is 2.12. The van der Waals surface area contributed by atoms with Crippen molar-refractivity contribution in [3.8, 4) is 0 Å². The van der Waals surface area contributed by atoms with Crippen LogP contribution >= 0.6 is 38.5 Å². The Bertz CT molecular complexity index is 228. The molecule has 0 aliphatic heterocycles. The van der Waals surface area contributed by atoms with Crippen LogP contribution in [-0.4, -0.2) is 4.83 Å². The largest absolute Gasteiger partial charge is 0.0894 e. The lowest BCUT2D eigenvalue weighted by molar-refractivity contribution is 0.822. The smallest absolute Gasteiger partial charge is 0.0130 e. The number of rotatable bonds is 3. The first-order valence-electron chi connectivity index (χ1n) is 4.07. The summed E-state index contributed by atoms with van der Waals surface area (Å²) in [5.74, 6) is 0. The zero-order valence-corrected chi connectivity index (χ0v) is 10.8. The van der Waals surface area contributed by atoms with Crippen LogP contribution in [0.5, 0.6) is 0 Å². The summed E-state index contributed by atoms with van der Waals surface area (Å²) in [7, 11) is 0. The van der Waals surface area contributed by atoms with Gasteiger partial charge in [-0.2, -0.15) is 0 Å². The van der Waals surface area contributed by atoms with Gasteiger partial charge in [0.05, 0.1) is 0 Å². The van der Waals surface area contributed by atoms with Gasteiger partial charge >= 0.3 is 0 Å². The highest BCUT2D eigenvalue weighted by molar-refractivity contribution is 14.1. The molecule has 0 N–H and O–H groups in total. The molecule has 0 bridgehead atoms. The van der Waals surface area contributed by atoms with E-state index in [-0.39, 0.29) is 0 Å². The predicted molar refractivity (Wildman–Crippen MR) is 65.9 cm³/mol. The molecule has 0 fully saturated rings. The van der Waals surface area contributed by atoms with Crippen molar-refractivity contribution < 1.29 is 0 Å². The lowest BCUT2D eigenvalue weighted by Gasteiger charge is -2.02. The maximum absolute atomic E-state index is 3.54. The van der Waals surface area contributed by atoms with E-state index < -0.39 is 0 Å². The van der Waals surface area contributed by atoms with E-state index in [1.807, 2.05) is 0 Å². The number of hydrogen-bond donors (Lipinski definition) is 0. The molecule has 0 aromatic heterocycles. The number of aryl methyl sites for hydroxylation is 1. The van der Waals surface area contributed by atoms with Gasteiger partial charge in [0.25, 0.3) is 0 Å². The van der Waals surface area contributed by atoms with Gasteiger partial charge in [-0.3, -0.25) is 0 Å². The molecule has 0 radical (unpaired) electrons. The van der Waals surface area contributed by atoms with E-state index in [1.54, 1.807) is 0 Å². The fraction of sp³-hybridized carbons (Fsp3) is 0.400. The Morgan fingerprint density at radius 1 is 1.33 bits per heavy atom.